The van der Waals surface area contributed by atoms with Crippen LogP contribution in [0.3, 0.4) is 0 Å². The van der Waals surface area contributed by atoms with Crippen LogP contribution in [0.5, 0.6) is 0 Å². The van der Waals surface area contributed by atoms with Crippen LogP contribution in [0.2, 0.25) is 0 Å². The minimum atomic E-state index is -0.575. The zero-order valence-electron chi connectivity index (χ0n) is 10.7. The highest BCUT2D eigenvalue weighted by atomic mass is 16.5. The van der Waals surface area contributed by atoms with Gasteiger partial charge in [-0.15, -0.1) is 0 Å². The van der Waals surface area contributed by atoms with Crippen LogP contribution < -0.4 is 11.1 Å². The Morgan fingerprint density at radius 1 is 1.44 bits per heavy atom. The Morgan fingerprint density at radius 3 is 2.61 bits per heavy atom. The van der Waals surface area contributed by atoms with Gasteiger partial charge in [0, 0.05) is 12.6 Å². The number of hydrogen-bond donors (Lipinski definition) is 2. The van der Waals surface area contributed by atoms with Gasteiger partial charge in [-0.3, -0.25) is 4.79 Å². The highest BCUT2D eigenvalue weighted by Crippen LogP contribution is 2.21. The fourth-order valence-electron chi connectivity index (χ4n) is 2.33. The fourth-order valence-corrected chi connectivity index (χ4v) is 2.33. The minimum Gasteiger partial charge on any atom is -0.465 e. The van der Waals surface area contributed by atoms with Crippen molar-refractivity contribution in [3.8, 4) is 0 Å². The first kappa shape index (κ1) is 13.1. The van der Waals surface area contributed by atoms with E-state index < -0.39 is 6.04 Å². The molecule has 0 saturated heterocycles. The van der Waals surface area contributed by atoms with E-state index in [9.17, 15) is 4.79 Å². The third kappa shape index (κ3) is 3.09. The summed E-state index contributed by atoms with van der Waals surface area (Å²) in [6.45, 7) is 2.63. The van der Waals surface area contributed by atoms with E-state index in [1.807, 2.05) is 0 Å². The molecule has 0 fully saturated rings. The van der Waals surface area contributed by atoms with Crippen LogP contribution in [0.15, 0.2) is 24.3 Å². The predicted molar refractivity (Wildman–Crippen MR) is 70.2 cm³/mol. The topological polar surface area (TPSA) is 64.3 Å². The van der Waals surface area contributed by atoms with Crippen molar-refractivity contribution in [3.63, 3.8) is 0 Å². The molecule has 0 radical (unpaired) electrons. The summed E-state index contributed by atoms with van der Waals surface area (Å²) in [6, 6.07) is 8.23. The first-order valence-electron chi connectivity index (χ1n) is 6.43. The molecular formula is C14H20N2O2. The lowest BCUT2D eigenvalue weighted by Gasteiger charge is -2.15. The molecule has 1 aromatic rings. The van der Waals surface area contributed by atoms with Crippen LogP contribution in [0.25, 0.3) is 0 Å². The standard InChI is InChI=1S/C14H20N2O2/c1-2-18-14(17)13(15)9-16-12-7-10-5-3-4-6-11(10)8-12/h3-6,12-13,16H,2,7-9,15H2,1H3. The second-order valence-corrected chi connectivity index (χ2v) is 4.64. The molecule has 0 aromatic heterocycles. The Bertz CT molecular complexity index is 395. The van der Waals surface area contributed by atoms with Gasteiger partial charge in [-0.2, -0.15) is 0 Å². The molecule has 0 bridgehead atoms. The molecule has 1 aliphatic rings. The third-order valence-corrected chi connectivity index (χ3v) is 3.27. The Morgan fingerprint density at radius 2 is 2.06 bits per heavy atom. The maximum Gasteiger partial charge on any atom is 0.324 e. The largest absolute Gasteiger partial charge is 0.465 e. The van der Waals surface area contributed by atoms with E-state index in [4.69, 9.17) is 10.5 Å². The van der Waals surface area contributed by atoms with Crippen molar-refractivity contribution in [1.82, 2.24) is 5.32 Å². The highest BCUT2D eigenvalue weighted by Gasteiger charge is 2.22. The van der Waals surface area contributed by atoms with Gasteiger partial charge in [-0.05, 0) is 30.9 Å². The van der Waals surface area contributed by atoms with Crippen LogP contribution in [0.1, 0.15) is 18.1 Å². The average Bonchev–Trinajstić information content (AvgIpc) is 2.78. The molecule has 0 spiro atoms. The Hall–Kier alpha value is -1.39. The molecule has 1 aliphatic carbocycles. The number of ether oxygens (including phenoxy) is 1. The average molecular weight is 248 g/mol. The molecule has 0 aliphatic heterocycles. The van der Waals surface area contributed by atoms with E-state index in [-0.39, 0.29) is 5.97 Å². The summed E-state index contributed by atoms with van der Waals surface area (Å²) in [7, 11) is 0. The molecule has 18 heavy (non-hydrogen) atoms. The van der Waals surface area contributed by atoms with E-state index >= 15 is 0 Å². The molecule has 4 nitrogen and oxygen atoms in total. The number of fused-ring (bicyclic) bond motifs is 1. The molecule has 1 aromatic carbocycles. The molecule has 1 atom stereocenters. The Balaban J connectivity index is 1.78. The number of carbonyl (C=O) groups excluding carboxylic acids is 1. The third-order valence-electron chi connectivity index (χ3n) is 3.27. The van der Waals surface area contributed by atoms with Crippen molar-refractivity contribution in [3.05, 3.63) is 35.4 Å². The summed E-state index contributed by atoms with van der Waals surface area (Å²) in [6.07, 6.45) is 2.01. The van der Waals surface area contributed by atoms with Crippen LogP contribution in [0.4, 0.5) is 0 Å². The van der Waals surface area contributed by atoms with Crippen molar-refractivity contribution in [2.24, 2.45) is 5.73 Å². The summed E-state index contributed by atoms with van der Waals surface area (Å²) in [5, 5.41) is 3.34. The summed E-state index contributed by atoms with van der Waals surface area (Å²) >= 11 is 0. The minimum absolute atomic E-state index is 0.333. The second-order valence-electron chi connectivity index (χ2n) is 4.64. The van der Waals surface area contributed by atoms with Gasteiger partial charge in [0.1, 0.15) is 6.04 Å². The number of rotatable bonds is 5. The monoisotopic (exact) mass is 248 g/mol. The summed E-state index contributed by atoms with van der Waals surface area (Å²) < 4.78 is 4.88. The molecular weight excluding hydrogens is 228 g/mol. The van der Waals surface area contributed by atoms with Gasteiger partial charge >= 0.3 is 5.97 Å². The number of nitrogens with two attached hydrogens (primary N) is 1. The van der Waals surface area contributed by atoms with Crippen molar-refractivity contribution in [1.29, 1.82) is 0 Å². The molecule has 0 heterocycles. The van der Waals surface area contributed by atoms with Crippen molar-refractivity contribution >= 4 is 5.97 Å². The molecule has 0 amide bonds. The summed E-state index contributed by atoms with van der Waals surface area (Å²) in [4.78, 5) is 11.4. The molecule has 1 unspecified atom stereocenters. The van der Waals surface area contributed by atoms with E-state index in [1.54, 1.807) is 6.92 Å². The first-order chi connectivity index (χ1) is 8.70. The zero-order valence-corrected chi connectivity index (χ0v) is 10.7. The van der Waals surface area contributed by atoms with Gasteiger partial charge in [-0.25, -0.2) is 0 Å². The lowest BCUT2D eigenvalue weighted by molar-refractivity contribution is -0.144. The van der Waals surface area contributed by atoms with Gasteiger partial charge in [0.15, 0.2) is 0 Å². The van der Waals surface area contributed by atoms with Gasteiger partial charge in [-0.1, -0.05) is 24.3 Å². The smallest absolute Gasteiger partial charge is 0.324 e. The van der Waals surface area contributed by atoms with E-state index in [0.717, 1.165) is 12.8 Å². The number of benzene rings is 1. The van der Waals surface area contributed by atoms with Crippen LogP contribution in [-0.2, 0) is 22.4 Å². The quantitative estimate of drug-likeness (QED) is 0.750. The molecule has 0 saturated carbocycles. The highest BCUT2D eigenvalue weighted by molar-refractivity contribution is 5.75. The maximum absolute atomic E-state index is 11.4. The Kier molecular flexibility index (Phi) is 4.33. The molecule has 3 N–H and O–H groups in total. The zero-order chi connectivity index (χ0) is 13.0. The van der Waals surface area contributed by atoms with E-state index in [0.29, 0.717) is 19.2 Å². The number of carbonyl (C=O) groups is 1. The van der Waals surface area contributed by atoms with Gasteiger partial charge in [0.05, 0.1) is 6.61 Å². The first-order valence-corrected chi connectivity index (χ1v) is 6.43. The second kappa shape index (κ2) is 5.98. The SMILES string of the molecule is CCOC(=O)C(N)CNC1Cc2ccccc2C1. The number of nitrogens with one attached hydrogen (secondary N) is 1. The number of hydrogen-bond acceptors (Lipinski definition) is 4. The van der Waals surface area contributed by atoms with Crippen molar-refractivity contribution in [2.45, 2.75) is 31.8 Å². The Labute approximate surface area is 108 Å². The predicted octanol–water partition coefficient (Wildman–Crippen LogP) is 0.634. The van der Waals surface area contributed by atoms with Crippen LogP contribution in [0, 0.1) is 0 Å². The van der Waals surface area contributed by atoms with E-state index in [2.05, 4.69) is 29.6 Å². The lowest BCUT2D eigenvalue weighted by Crippen LogP contribution is -2.45. The van der Waals surface area contributed by atoms with Gasteiger partial charge < -0.3 is 15.8 Å². The summed E-state index contributed by atoms with van der Waals surface area (Å²) in [5.41, 5.74) is 8.53. The maximum atomic E-state index is 11.4. The normalized spacial score (nSPS) is 16.3. The van der Waals surface area contributed by atoms with Crippen LogP contribution >= 0.6 is 0 Å². The van der Waals surface area contributed by atoms with Gasteiger partial charge in [0.2, 0.25) is 0 Å². The lowest BCUT2D eigenvalue weighted by atomic mass is 10.1. The van der Waals surface area contributed by atoms with Crippen molar-refractivity contribution in [2.75, 3.05) is 13.2 Å². The van der Waals surface area contributed by atoms with Gasteiger partial charge in [0.25, 0.3) is 0 Å². The molecule has 98 valence electrons. The molecule has 2 rings (SSSR count). The number of esters is 1. The summed E-state index contributed by atoms with van der Waals surface area (Å²) in [5.74, 6) is -0.333. The van der Waals surface area contributed by atoms with Crippen molar-refractivity contribution < 1.29 is 9.53 Å². The molecule has 4 heteroatoms. The fraction of sp³-hybridized carbons (Fsp3) is 0.500. The van der Waals surface area contributed by atoms with Crippen LogP contribution in [-0.4, -0.2) is 31.2 Å². The van der Waals surface area contributed by atoms with E-state index in [1.165, 1.54) is 11.1 Å².